The lowest BCUT2D eigenvalue weighted by atomic mass is 9.91. The van der Waals surface area contributed by atoms with E-state index in [0.29, 0.717) is 18.2 Å². The van der Waals surface area contributed by atoms with Gasteiger partial charge in [0.25, 0.3) is 0 Å². The fraction of sp³-hybridized carbons (Fsp3) is 0.692. The SMILES string of the molecule is CN(Cc1csc(Br)c1)S(=O)(=O)CC1CCCCC1. The fourth-order valence-corrected chi connectivity index (χ4v) is 5.29. The maximum absolute atomic E-state index is 12.3. The zero-order valence-corrected chi connectivity index (χ0v) is 14.4. The quantitative estimate of drug-likeness (QED) is 0.794. The largest absolute Gasteiger partial charge is 0.214 e. The van der Waals surface area contributed by atoms with Crippen LogP contribution in [0.4, 0.5) is 0 Å². The van der Waals surface area contributed by atoms with Gasteiger partial charge in [0, 0.05) is 13.6 Å². The van der Waals surface area contributed by atoms with Crippen molar-refractivity contribution in [1.82, 2.24) is 4.31 Å². The molecule has 0 aromatic carbocycles. The summed E-state index contributed by atoms with van der Waals surface area (Å²) < 4.78 is 27.2. The van der Waals surface area contributed by atoms with E-state index in [1.807, 2.05) is 11.4 Å². The van der Waals surface area contributed by atoms with Crippen molar-refractivity contribution in [3.63, 3.8) is 0 Å². The standard InChI is InChI=1S/C13H20BrNO2S2/c1-15(8-12-7-13(14)18-9-12)19(16,17)10-11-5-3-2-4-6-11/h7,9,11H,2-6,8,10H2,1H3. The zero-order chi connectivity index (χ0) is 13.9. The van der Waals surface area contributed by atoms with Gasteiger partial charge in [0.1, 0.15) is 0 Å². The topological polar surface area (TPSA) is 37.4 Å². The minimum atomic E-state index is -3.13. The summed E-state index contributed by atoms with van der Waals surface area (Å²) in [5.74, 6) is 0.671. The van der Waals surface area contributed by atoms with Crippen molar-refractivity contribution >= 4 is 37.3 Å². The van der Waals surface area contributed by atoms with Crippen molar-refractivity contribution in [2.24, 2.45) is 5.92 Å². The van der Waals surface area contributed by atoms with Crippen molar-refractivity contribution in [3.8, 4) is 0 Å². The van der Waals surface area contributed by atoms with E-state index in [1.165, 1.54) is 23.6 Å². The highest BCUT2D eigenvalue weighted by Gasteiger charge is 2.25. The molecule has 0 unspecified atom stereocenters. The van der Waals surface area contributed by atoms with Gasteiger partial charge >= 0.3 is 0 Å². The second-order valence-electron chi connectivity index (χ2n) is 5.30. The molecule has 1 fully saturated rings. The third-order valence-electron chi connectivity index (χ3n) is 3.67. The van der Waals surface area contributed by atoms with Gasteiger partial charge in [0.05, 0.1) is 9.54 Å². The van der Waals surface area contributed by atoms with E-state index in [2.05, 4.69) is 15.9 Å². The van der Waals surface area contributed by atoms with Crippen molar-refractivity contribution in [3.05, 3.63) is 20.8 Å². The Balaban J connectivity index is 1.94. The first-order chi connectivity index (χ1) is 8.97. The molecule has 1 aromatic heterocycles. The summed E-state index contributed by atoms with van der Waals surface area (Å²) >= 11 is 4.99. The molecule has 0 N–H and O–H groups in total. The molecular formula is C13H20BrNO2S2. The third-order valence-corrected chi connectivity index (χ3v) is 7.20. The minimum Gasteiger partial charge on any atom is -0.212 e. The smallest absolute Gasteiger partial charge is 0.212 e. The molecule has 19 heavy (non-hydrogen) atoms. The van der Waals surface area contributed by atoms with E-state index in [1.54, 1.807) is 18.4 Å². The third kappa shape index (κ3) is 4.55. The van der Waals surface area contributed by atoms with E-state index in [0.717, 1.165) is 22.2 Å². The summed E-state index contributed by atoms with van der Waals surface area (Å²) in [6, 6.07) is 1.98. The average molecular weight is 366 g/mol. The first-order valence-electron chi connectivity index (χ1n) is 6.64. The number of hydrogen-bond donors (Lipinski definition) is 0. The molecule has 1 aliphatic carbocycles. The van der Waals surface area contributed by atoms with E-state index in [-0.39, 0.29) is 0 Å². The van der Waals surface area contributed by atoms with Crippen molar-refractivity contribution in [1.29, 1.82) is 0 Å². The van der Waals surface area contributed by atoms with Gasteiger partial charge < -0.3 is 0 Å². The van der Waals surface area contributed by atoms with Crippen molar-refractivity contribution in [2.45, 2.75) is 38.6 Å². The predicted molar refractivity (Wildman–Crippen MR) is 83.8 cm³/mol. The zero-order valence-electron chi connectivity index (χ0n) is 11.1. The second-order valence-corrected chi connectivity index (χ2v) is 9.71. The highest BCUT2D eigenvalue weighted by Crippen LogP contribution is 2.26. The Morgan fingerprint density at radius 2 is 2.05 bits per heavy atom. The lowest BCUT2D eigenvalue weighted by molar-refractivity contribution is 0.374. The molecule has 0 atom stereocenters. The normalized spacial score (nSPS) is 18.1. The van der Waals surface area contributed by atoms with E-state index in [4.69, 9.17) is 0 Å². The molecule has 1 aliphatic rings. The summed E-state index contributed by atoms with van der Waals surface area (Å²) in [4.78, 5) is 0. The molecule has 1 saturated carbocycles. The molecule has 108 valence electrons. The molecule has 0 aliphatic heterocycles. The van der Waals surface area contributed by atoms with Crippen LogP contribution in [0.2, 0.25) is 0 Å². The molecule has 0 amide bonds. The summed E-state index contributed by atoms with van der Waals surface area (Å²) in [5, 5.41) is 2.00. The summed E-state index contributed by atoms with van der Waals surface area (Å²) in [6.07, 6.45) is 5.76. The second kappa shape index (κ2) is 6.70. The first kappa shape index (κ1) is 15.5. The molecular weight excluding hydrogens is 346 g/mol. The van der Waals surface area contributed by atoms with Crippen molar-refractivity contribution in [2.75, 3.05) is 12.8 Å². The maximum atomic E-state index is 12.3. The van der Waals surface area contributed by atoms with Crippen LogP contribution in [0.3, 0.4) is 0 Å². The van der Waals surface area contributed by atoms with Crippen LogP contribution in [0.5, 0.6) is 0 Å². The van der Waals surface area contributed by atoms with E-state index >= 15 is 0 Å². The predicted octanol–water partition coefficient (Wildman–Crippen LogP) is 3.85. The average Bonchev–Trinajstić information content (AvgIpc) is 2.75. The Labute approximate surface area is 128 Å². The van der Waals surface area contributed by atoms with Crippen LogP contribution < -0.4 is 0 Å². The fourth-order valence-electron chi connectivity index (χ4n) is 2.56. The van der Waals surface area contributed by atoms with Crippen LogP contribution in [-0.2, 0) is 16.6 Å². The van der Waals surface area contributed by atoms with Crippen LogP contribution in [0.25, 0.3) is 0 Å². The number of sulfonamides is 1. The molecule has 3 nitrogen and oxygen atoms in total. The van der Waals surface area contributed by atoms with E-state index < -0.39 is 10.0 Å². The monoisotopic (exact) mass is 365 g/mol. The Kier molecular flexibility index (Phi) is 5.45. The Morgan fingerprint density at radius 1 is 1.37 bits per heavy atom. The van der Waals surface area contributed by atoms with Crippen LogP contribution in [0, 0.1) is 5.92 Å². The van der Waals surface area contributed by atoms with Crippen LogP contribution in [0.1, 0.15) is 37.7 Å². The van der Waals surface area contributed by atoms with Crippen molar-refractivity contribution < 1.29 is 8.42 Å². The number of nitrogens with zero attached hydrogens (tertiary/aromatic N) is 1. The lowest BCUT2D eigenvalue weighted by Crippen LogP contribution is -2.32. The molecule has 2 rings (SSSR count). The lowest BCUT2D eigenvalue weighted by Gasteiger charge is -2.24. The summed E-state index contributed by atoms with van der Waals surface area (Å²) in [5.41, 5.74) is 1.05. The number of halogens is 1. The highest BCUT2D eigenvalue weighted by atomic mass is 79.9. The van der Waals surface area contributed by atoms with Gasteiger partial charge in [-0.3, -0.25) is 0 Å². The van der Waals surface area contributed by atoms with Crippen LogP contribution >= 0.6 is 27.3 Å². The van der Waals surface area contributed by atoms with Gasteiger partial charge in [0.15, 0.2) is 0 Å². The van der Waals surface area contributed by atoms with Crippen LogP contribution in [0.15, 0.2) is 15.2 Å². The summed E-state index contributed by atoms with van der Waals surface area (Å²) in [6.45, 7) is 0.469. The Morgan fingerprint density at radius 3 is 2.63 bits per heavy atom. The highest BCUT2D eigenvalue weighted by molar-refractivity contribution is 9.11. The molecule has 0 spiro atoms. The Hall–Kier alpha value is 0.0900. The first-order valence-corrected chi connectivity index (χ1v) is 9.92. The Bertz CT molecular complexity index is 506. The van der Waals surface area contributed by atoms with Crippen LogP contribution in [-0.4, -0.2) is 25.5 Å². The van der Waals surface area contributed by atoms with Gasteiger partial charge in [-0.2, -0.15) is 0 Å². The molecule has 1 heterocycles. The number of hydrogen-bond acceptors (Lipinski definition) is 3. The number of rotatable bonds is 5. The van der Waals surface area contributed by atoms with Gasteiger partial charge in [-0.25, -0.2) is 12.7 Å². The molecule has 1 aromatic rings. The number of thiophene rings is 1. The van der Waals surface area contributed by atoms with Gasteiger partial charge in [-0.15, -0.1) is 11.3 Å². The van der Waals surface area contributed by atoms with Gasteiger partial charge in [0.2, 0.25) is 10.0 Å². The maximum Gasteiger partial charge on any atom is 0.214 e. The van der Waals surface area contributed by atoms with Gasteiger partial charge in [-0.05, 0) is 51.7 Å². The molecule has 0 saturated heterocycles. The molecule has 0 bridgehead atoms. The summed E-state index contributed by atoms with van der Waals surface area (Å²) in [7, 11) is -1.44. The molecule has 0 radical (unpaired) electrons. The molecule has 6 heteroatoms. The van der Waals surface area contributed by atoms with Gasteiger partial charge in [-0.1, -0.05) is 19.3 Å². The van der Waals surface area contributed by atoms with E-state index in [9.17, 15) is 8.42 Å². The minimum absolute atomic E-state index is 0.314.